The number of nitrogens with zero attached hydrogens (tertiary/aromatic N) is 2. The molecule has 2 aromatic heterocycles. The molecule has 0 saturated carbocycles. The molecule has 0 bridgehead atoms. The van der Waals surface area contributed by atoms with Gasteiger partial charge in [-0.1, -0.05) is 13.0 Å². The summed E-state index contributed by atoms with van der Waals surface area (Å²) >= 11 is 1.62. The van der Waals surface area contributed by atoms with E-state index in [2.05, 4.69) is 15.2 Å². The van der Waals surface area contributed by atoms with Gasteiger partial charge in [0.15, 0.2) is 5.82 Å². The van der Waals surface area contributed by atoms with Crippen LogP contribution in [0.4, 0.5) is 0 Å². The molecule has 0 aliphatic heterocycles. The van der Waals surface area contributed by atoms with Gasteiger partial charge < -0.3 is 5.73 Å². The molecule has 0 aliphatic rings. The highest BCUT2D eigenvalue weighted by atomic mass is 32.1. The molecule has 0 unspecified atom stereocenters. The number of thiophene rings is 1. The molecule has 2 heterocycles. The second-order valence-electron chi connectivity index (χ2n) is 3.04. The Morgan fingerprint density at radius 3 is 3.14 bits per heavy atom. The average Bonchev–Trinajstić information content (AvgIpc) is 2.86. The fraction of sp³-hybridized carbons (Fsp3) is 0.333. The van der Waals surface area contributed by atoms with Gasteiger partial charge in [0.1, 0.15) is 5.82 Å². The standard InChI is InChI=1S/C9H12N4S/c1-2-6(10)8-11-9(13-12-8)7-4-3-5-14-7/h3-6H,2,10H2,1H3,(H,11,12,13)/t6-/m1/s1. The molecule has 0 fully saturated rings. The molecule has 0 spiro atoms. The first kappa shape index (κ1) is 9.36. The monoisotopic (exact) mass is 208 g/mol. The third-order valence-electron chi connectivity index (χ3n) is 2.04. The first-order valence-corrected chi connectivity index (χ1v) is 5.41. The minimum Gasteiger partial charge on any atom is -0.321 e. The van der Waals surface area contributed by atoms with Crippen LogP contribution in [0.2, 0.25) is 0 Å². The first-order valence-electron chi connectivity index (χ1n) is 4.53. The number of nitrogens with two attached hydrogens (primary N) is 1. The smallest absolute Gasteiger partial charge is 0.191 e. The van der Waals surface area contributed by atoms with Crippen LogP contribution in [0.15, 0.2) is 17.5 Å². The maximum atomic E-state index is 5.83. The van der Waals surface area contributed by atoms with Crippen LogP contribution >= 0.6 is 11.3 Å². The van der Waals surface area contributed by atoms with E-state index in [0.717, 1.165) is 22.9 Å². The molecule has 2 rings (SSSR count). The van der Waals surface area contributed by atoms with Crippen LogP contribution in [0.3, 0.4) is 0 Å². The topological polar surface area (TPSA) is 67.6 Å². The Labute approximate surface area is 86.2 Å². The van der Waals surface area contributed by atoms with E-state index in [1.54, 1.807) is 11.3 Å². The number of aromatic nitrogens is 3. The Morgan fingerprint density at radius 1 is 1.64 bits per heavy atom. The average molecular weight is 208 g/mol. The summed E-state index contributed by atoms with van der Waals surface area (Å²) in [5.41, 5.74) is 5.83. The molecule has 4 nitrogen and oxygen atoms in total. The van der Waals surface area contributed by atoms with Crippen LogP contribution in [0.5, 0.6) is 0 Å². The molecule has 0 aliphatic carbocycles. The highest BCUT2D eigenvalue weighted by molar-refractivity contribution is 7.13. The zero-order valence-corrected chi connectivity index (χ0v) is 8.71. The molecule has 14 heavy (non-hydrogen) atoms. The van der Waals surface area contributed by atoms with E-state index < -0.39 is 0 Å². The van der Waals surface area contributed by atoms with Gasteiger partial charge in [-0.3, -0.25) is 5.10 Å². The molecule has 0 saturated heterocycles. The summed E-state index contributed by atoms with van der Waals surface area (Å²) in [4.78, 5) is 5.41. The van der Waals surface area contributed by atoms with Crippen LogP contribution < -0.4 is 5.73 Å². The molecule has 74 valence electrons. The number of nitrogens with one attached hydrogen (secondary N) is 1. The predicted molar refractivity (Wildman–Crippen MR) is 56.9 cm³/mol. The molecule has 1 atom stereocenters. The summed E-state index contributed by atoms with van der Waals surface area (Å²) in [5, 5.41) is 8.99. The van der Waals surface area contributed by atoms with Gasteiger partial charge >= 0.3 is 0 Å². The van der Waals surface area contributed by atoms with Gasteiger partial charge in [-0.25, -0.2) is 4.98 Å². The van der Waals surface area contributed by atoms with E-state index >= 15 is 0 Å². The van der Waals surface area contributed by atoms with Crippen molar-refractivity contribution in [3.8, 4) is 10.7 Å². The molecular weight excluding hydrogens is 196 g/mol. The largest absolute Gasteiger partial charge is 0.321 e. The fourth-order valence-corrected chi connectivity index (χ4v) is 1.81. The number of hydrogen-bond donors (Lipinski definition) is 2. The summed E-state index contributed by atoms with van der Waals surface area (Å²) in [6, 6.07) is 3.93. The second-order valence-corrected chi connectivity index (χ2v) is 3.98. The van der Waals surface area contributed by atoms with Gasteiger partial charge in [-0.15, -0.1) is 11.3 Å². The van der Waals surface area contributed by atoms with E-state index in [1.165, 1.54) is 0 Å². The molecule has 5 heteroatoms. The van der Waals surface area contributed by atoms with E-state index in [1.807, 2.05) is 24.4 Å². The Morgan fingerprint density at radius 2 is 2.50 bits per heavy atom. The second kappa shape index (κ2) is 3.89. The highest BCUT2D eigenvalue weighted by Gasteiger charge is 2.10. The van der Waals surface area contributed by atoms with Crippen molar-refractivity contribution >= 4 is 11.3 Å². The lowest BCUT2D eigenvalue weighted by Crippen LogP contribution is -2.10. The fourth-order valence-electron chi connectivity index (χ4n) is 1.15. The van der Waals surface area contributed by atoms with Crippen molar-refractivity contribution in [1.29, 1.82) is 0 Å². The maximum Gasteiger partial charge on any atom is 0.191 e. The SMILES string of the molecule is CC[C@@H](N)c1nc(-c2cccs2)n[nH]1. The molecular formula is C9H12N4S. The lowest BCUT2D eigenvalue weighted by Gasteiger charge is -2.01. The molecule has 3 N–H and O–H groups in total. The van der Waals surface area contributed by atoms with Gasteiger partial charge in [0.2, 0.25) is 0 Å². The van der Waals surface area contributed by atoms with Crippen LogP contribution in [0, 0.1) is 0 Å². The zero-order chi connectivity index (χ0) is 9.97. The summed E-state index contributed by atoms with van der Waals surface area (Å²) in [7, 11) is 0. The highest BCUT2D eigenvalue weighted by Crippen LogP contribution is 2.21. The van der Waals surface area contributed by atoms with Crippen LogP contribution in [0.25, 0.3) is 10.7 Å². The van der Waals surface area contributed by atoms with E-state index in [0.29, 0.717) is 0 Å². The van der Waals surface area contributed by atoms with Gasteiger partial charge in [-0.2, -0.15) is 5.10 Å². The Bertz CT molecular complexity index is 393. The maximum absolute atomic E-state index is 5.83. The van der Waals surface area contributed by atoms with Gasteiger partial charge in [0.25, 0.3) is 0 Å². The quantitative estimate of drug-likeness (QED) is 0.810. The van der Waals surface area contributed by atoms with E-state index in [9.17, 15) is 0 Å². The van der Waals surface area contributed by atoms with Crippen LogP contribution in [-0.4, -0.2) is 15.2 Å². The van der Waals surface area contributed by atoms with Gasteiger partial charge in [-0.05, 0) is 17.9 Å². The van der Waals surface area contributed by atoms with Crippen molar-refractivity contribution < 1.29 is 0 Å². The van der Waals surface area contributed by atoms with Crippen molar-refractivity contribution in [3.63, 3.8) is 0 Å². The summed E-state index contributed by atoms with van der Waals surface area (Å²) in [5.74, 6) is 1.50. The predicted octanol–water partition coefficient (Wildman–Crippen LogP) is 1.94. The number of rotatable bonds is 3. The summed E-state index contributed by atoms with van der Waals surface area (Å²) in [6.07, 6.45) is 0.860. The van der Waals surface area contributed by atoms with Crippen molar-refractivity contribution in [3.05, 3.63) is 23.3 Å². The lowest BCUT2D eigenvalue weighted by molar-refractivity contribution is 0.652. The van der Waals surface area contributed by atoms with E-state index in [-0.39, 0.29) is 6.04 Å². The van der Waals surface area contributed by atoms with Crippen molar-refractivity contribution in [2.24, 2.45) is 5.73 Å². The van der Waals surface area contributed by atoms with Gasteiger partial charge in [0.05, 0.1) is 10.9 Å². The minimum atomic E-state index is -0.0452. The number of aromatic amines is 1. The van der Waals surface area contributed by atoms with Gasteiger partial charge in [0, 0.05) is 0 Å². The molecule has 2 aromatic rings. The third-order valence-corrected chi connectivity index (χ3v) is 2.90. The number of H-pyrrole nitrogens is 1. The zero-order valence-electron chi connectivity index (χ0n) is 7.90. The Kier molecular flexibility index (Phi) is 2.60. The summed E-state index contributed by atoms with van der Waals surface area (Å²) in [6.45, 7) is 2.03. The Hall–Kier alpha value is -1.20. The Balaban J connectivity index is 2.26. The van der Waals surface area contributed by atoms with Crippen molar-refractivity contribution in [2.75, 3.05) is 0 Å². The molecule has 0 amide bonds. The molecule has 0 aromatic carbocycles. The summed E-state index contributed by atoms with van der Waals surface area (Å²) < 4.78 is 0. The van der Waals surface area contributed by atoms with Crippen LogP contribution in [-0.2, 0) is 0 Å². The van der Waals surface area contributed by atoms with Crippen molar-refractivity contribution in [2.45, 2.75) is 19.4 Å². The molecule has 0 radical (unpaired) electrons. The van der Waals surface area contributed by atoms with Crippen LogP contribution in [0.1, 0.15) is 25.2 Å². The lowest BCUT2D eigenvalue weighted by atomic mass is 10.2. The third kappa shape index (κ3) is 1.69. The number of hydrogen-bond acceptors (Lipinski definition) is 4. The minimum absolute atomic E-state index is 0.0452. The van der Waals surface area contributed by atoms with Crippen molar-refractivity contribution in [1.82, 2.24) is 15.2 Å². The first-order chi connectivity index (χ1) is 6.81. The normalized spacial score (nSPS) is 13.0. The van der Waals surface area contributed by atoms with E-state index in [4.69, 9.17) is 5.73 Å².